The van der Waals surface area contributed by atoms with Crippen LogP contribution < -0.4 is 31.9 Å². The van der Waals surface area contributed by atoms with Crippen molar-refractivity contribution < 1.29 is 95.8 Å². The smallest absolute Gasteiger partial charge is 0.328 e. The van der Waals surface area contributed by atoms with Crippen LogP contribution in [0.3, 0.4) is 0 Å². The van der Waals surface area contributed by atoms with E-state index < -0.39 is 47.7 Å². The van der Waals surface area contributed by atoms with Crippen molar-refractivity contribution in [3.63, 3.8) is 0 Å². The molecule has 0 aliphatic rings. The van der Waals surface area contributed by atoms with Crippen molar-refractivity contribution in [3.8, 4) is 0 Å². The molecule has 38 nitrogen and oxygen atoms in total. The summed E-state index contributed by atoms with van der Waals surface area (Å²) in [6.07, 6.45) is 4.06. The molecule has 0 aromatic heterocycles. The quantitative estimate of drug-likeness (QED) is 0.0376. The fourth-order valence-corrected chi connectivity index (χ4v) is 16.2. The summed E-state index contributed by atoms with van der Waals surface area (Å²) in [5.74, 6) is -1.11. The summed E-state index contributed by atoms with van der Waals surface area (Å²) >= 11 is 5.87. The van der Waals surface area contributed by atoms with E-state index in [0.29, 0.717) is 183 Å². The highest BCUT2D eigenvalue weighted by Gasteiger charge is 2.30. The van der Waals surface area contributed by atoms with E-state index in [1.807, 2.05) is 0 Å². The van der Waals surface area contributed by atoms with Crippen LogP contribution >= 0.6 is 47.0 Å². The summed E-state index contributed by atoms with van der Waals surface area (Å²) in [5, 5.41) is 17.3. The molecule has 0 heterocycles. The highest BCUT2D eigenvalue weighted by molar-refractivity contribution is 7.99. The summed E-state index contributed by atoms with van der Waals surface area (Å²) < 4.78 is 5.43. The summed E-state index contributed by atoms with van der Waals surface area (Å²) in [7, 11) is 6.60. The number of esters is 1. The van der Waals surface area contributed by atoms with Crippen LogP contribution in [0.2, 0.25) is 0 Å². The molecule has 0 bridgehead atoms. The van der Waals surface area contributed by atoms with Gasteiger partial charge in [-0.15, -0.1) is 0 Å². The van der Waals surface area contributed by atoms with Gasteiger partial charge in [0.1, 0.15) is 18.1 Å². The number of carbonyl (C=O) groups excluding carboxylic acids is 19. The first kappa shape index (κ1) is 121. The average Bonchev–Trinajstić information content (AvgIpc) is 0.883. The van der Waals surface area contributed by atoms with Gasteiger partial charge in [-0.05, 0) is 64.7 Å². The van der Waals surface area contributed by atoms with Crippen molar-refractivity contribution in [2.75, 3.05) is 231 Å². The molecule has 130 heavy (non-hydrogen) atoms. The molecule has 0 fully saturated rings. The Morgan fingerprint density at radius 3 is 0.746 bits per heavy atom. The largest absolute Gasteiger partial charge is 0.464 e. The number of thioether (sulfide) groups is 4. The fourth-order valence-electron chi connectivity index (χ4n) is 12.7. The number of unbranched alkanes of at least 4 members (excludes halogenated alkanes) is 3. The van der Waals surface area contributed by atoms with Crippen LogP contribution in [0.15, 0.2) is 0 Å². The number of likely N-dealkylation sites (N-methyl/N-ethyl adjacent to an activating group) is 4. The van der Waals surface area contributed by atoms with Crippen molar-refractivity contribution >= 4 is 159 Å². The molecule has 3 atom stereocenters. The molecule has 0 radical (unpaired) electrons. The number of amides is 18. The van der Waals surface area contributed by atoms with Crippen molar-refractivity contribution in [1.82, 2.24) is 90.7 Å². The van der Waals surface area contributed by atoms with Crippen molar-refractivity contribution in [2.45, 2.75) is 217 Å². The molecule has 0 aromatic carbocycles. The predicted octanol–water partition coefficient (Wildman–Crippen LogP) is 2.62. The molecule has 3 unspecified atom stereocenters. The van der Waals surface area contributed by atoms with E-state index in [-0.39, 0.29) is 212 Å². The van der Waals surface area contributed by atoms with Gasteiger partial charge in [0, 0.05) is 331 Å². The molecular weight excluding hydrogens is 1760 g/mol. The van der Waals surface area contributed by atoms with Gasteiger partial charge in [0.25, 0.3) is 0 Å². The highest BCUT2D eigenvalue weighted by Crippen LogP contribution is 2.15. The number of ether oxygens (including phenoxy) is 1. The predicted molar refractivity (Wildman–Crippen MR) is 511 cm³/mol. The third kappa shape index (κ3) is 57.6. The standard InChI is InChI=1S/C88H158N18O20S4/c1-18-82(119)103(51-47-99(71(10)111)43-39-95(14)67(6)107)55-63-127-59-32-78(115)89-36-26-23-29-75(92-80(117)34-61-129-65-57-105(84(121)20-3)53-49-101(73(12)113)45-41-97(16)69(8)109)86(123)91-38-28-25-31-77(88(125)126-22-5)94-87(124)76(93-81(118)35-62-130-66-58-106(85(122)21-4)54-50-102(74(13)114)46-42-98(17)70(9)110)30-24-27-37-90-79(116)33-60-128-64-56-104(83(120)19-2)52-48-100(72(11)112)44-40-96(15)68(7)108/h75-77H,18-66H2,1-17H3,(H,89,115)(H,90,116)(H,91,123)(H,92,117)(H,93,118)(H,94,124). The Hall–Kier alpha value is -8.67. The molecule has 0 aliphatic carbocycles. The second kappa shape index (κ2) is 72.9. The molecular formula is C88H158N18O20S4. The summed E-state index contributed by atoms with van der Waals surface area (Å²) in [5.41, 5.74) is 0. The van der Waals surface area contributed by atoms with Crippen LogP contribution in [-0.4, -0.2) is 421 Å². The zero-order chi connectivity index (χ0) is 98.1. The first-order valence-corrected chi connectivity index (χ1v) is 50.5. The third-order valence-corrected chi connectivity index (χ3v) is 25.6. The molecule has 744 valence electrons. The van der Waals surface area contributed by atoms with Gasteiger partial charge in [0.2, 0.25) is 106 Å². The minimum Gasteiger partial charge on any atom is -0.464 e. The Morgan fingerprint density at radius 2 is 0.492 bits per heavy atom. The molecule has 0 saturated heterocycles. The van der Waals surface area contributed by atoms with E-state index in [1.165, 1.54) is 122 Å². The van der Waals surface area contributed by atoms with Gasteiger partial charge in [-0.2, -0.15) is 47.0 Å². The molecule has 0 spiro atoms. The first-order chi connectivity index (χ1) is 61.7. The molecule has 0 saturated carbocycles. The Kier molecular flexibility index (Phi) is 68.0. The topological polar surface area (TPSA) is 445 Å². The summed E-state index contributed by atoms with van der Waals surface area (Å²) in [6, 6.07) is -3.30. The van der Waals surface area contributed by atoms with Gasteiger partial charge in [-0.1, -0.05) is 27.7 Å². The molecule has 6 N–H and O–H groups in total. The van der Waals surface area contributed by atoms with Crippen LogP contribution in [0, 0.1) is 0 Å². The number of rotatable bonds is 74. The minimum absolute atomic E-state index is 0.0157. The van der Waals surface area contributed by atoms with Crippen LogP contribution in [0.25, 0.3) is 0 Å². The Morgan fingerprint density at radius 1 is 0.254 bits per heavy atom. The van der Waals surface area contributed by atoms with Gasteiger partial charge in [-0.25, -0.2) is 4.79 Å². The van der Waals surface area contributed by atoms with E-state index in [2.05, 4.69) is 31.9 Å². The van der Waals surface area contributed by atoms with Crippen LogP contribution in [0.4, 0.5) is 0 Å². The van der Waals surface area contributed by atoms with Gasteiger partial charge < -0.3 is 95.4 Å². The Labute approximate surface area is 790 Å². The van der Waals surface area contributed by atoms with Gasteiger partial charge >= 0.3 is 5.97 Å². The minimum atomic E-state index is -1.18. The van der Waals surface area contributed by atoms with E-state index in [4.69, 9.17) is 4.74 Å². The van der Waals surface area contributed by atoms with E-state index in [9.17, 15) is 91.1 Å². The van der Waals surface area contributed by atoms with Crippen LogP contribution in [0.1, 0.15) is 199 Å². The molecule has 0 aliphatic heterocycles. The lowest BCUT2D eigenvalue weighted by Gasteiger charge is -2.28. The second-order valence-corrected chi connectivity index (χ2v) is 36.6. The van der Waals surface area contributed by atoms with E-state index in [1.54, 1.807) is 102 Å². The lowest BCUT2D eigenvalue weighted by atomic mass is 10.1. The lowest BCUT2D eigenvalue weighted by molar-refractivity contribution is -0.148. The molecule has 42 heteroatoms. The van der Waals surface area contributed by atoms with E-state index in [0.717, 1.165) is 0 Å². The van der Waals surface area contributed by atoms with Crippen LogP contribution in [-0.2, 0) is 95.8 Å². The number of hydrogen-bond acceptors (Lipinski definition) is 24. The van der Waals surface area contributed by atoms with Gasteiger partial charge in [0.15, 0.2) is 0 Å². The fraction of sp³-hybridized carbons (Fsp3) is 0.784. The Balaban J connectivity index is 6.49. The maximum atomic E-state index is 14.5. The maximum Gasteiger partial charge on any atom is 0.328 e. The normalized spacial score (nSPS) is 11.5. The van der Waals surface area contributed by atoms with E-state index >= 15 is 0 Å². The number of carbonyl (C=O) groups is 19. The SMILES string of the molecule is CCOC(=O)C(CCCCNC(=O)C(CCCCNC(=O)CCSCCN(CCN(CCN(C)C(C)=O)C(C)=O)C(=O)CC)NC(=O)CCSCCN(CCN(CCN(C)C(C)=O)C(C)=O)C(=O)CC)NC(=O)C(CCCCNC(=O)CCSCCN(CCN(CCN(C)C(C)=O)C(C)=O)C(=O)CC)NC(=O)CCSCCN(CCN(CCN(C)C(C)=O)C(C)=O)C(=O)CC. The molecule has 18 amide bonds. The van der Waals surface area contributed by atoms with Crippen LogP contribution in [0.5, 0.6) is 0 Å². The van der Waals surface area contributed by atoms with Crippen molar-refractivity contribution in [2.24, 2.45) is 0 Å². The summed E-state index contributed by atoms with van der Waals surface area (Å²) in [6.45, 7) is 27.2. The van der Waals surface area contributed by atoms with Crippen molar-refractivity contribution in [3.05, 3.63) is 0 Å². The summed E-state index contributed by atoms with van der Waals surface area (Å²) in [4.78, 5) is 264. The highest BCUT2D eigenvalue weighted by atomic mass is 32.2. The zero-order valence-electron chi connectivity index (χ0n) is 81.0. The lowest BCUT2D eigenvalue weighted by Crippen LogP contribution is -2.52. The monoisotopic (exact) mass is 1920 g/mol. The first-order valence-electron chi connectivity index (χ1n) is 45.9. The number of nitrogens with zero attached hydrogens (tertiary/aromatic N) is 12. The second-order valence-electron chi connectivity index (χ2n) is 31.7. The molecule has 0 rings (SSSR count). The zero-order valence-corrected chi connectivity index (χ0v) is 84.3. The van der Waals surface area contributed by atoms with Gasteiger partial charge in [0.05, 0.1) is 6.61 Å². The number of hydrogen-bond donors (Lipinski definition) is 6. The average molecular weight is 1920 g/mol. The van der Waals surface area contributed by atoms with Crippen molar-refractivity contribution in [1.29, 1.82) is 0 Å². The number of nitrogens with one attached hydrogen (secondary N) is 6. The molecule has 0 aromatic rings. The maximum absolute atomic E-state index is 14.5. The third-order valence-electron chi connectivity index (χ3n) is 21.7. The van der Waals surface area contributed by atoms with Gasteiger partial charge in [-0.3, -0.25) is 86.3 Å². The Bertz CT molecular complexity index is 3500.